The van der Waals surface area contributed by atoms with Crippen LogP contribution in [0, 0.1) is 0 Å². The Morgan fingerprint density at radius 1 is 1.27 bits per heavy atom. The second-order valence-corrected chi connectivity index (χ2v) is 5.06. The van der Waals surface area contributed by atoms with E-state index in [1.54, 1.807) is 6.92 Å². The van der Waals surface area contributed by atoms with Crippen molar-refractivity contribution in [1.82, 2.24) is 0 Å². The fourth-order valence-electron chi connectivity index (χ4n) is 1.90. The molecule has 2 nitrogen and oxygen atoms in total. The minimum atomic E-state index is -0.330. The van der Waals surface area contributed by atoms with Gasteiger partial charge in [0.2, 0.25) is 5.78 Å². The summed E-state index contributed by atoms with van der Waals surface area (Å²) < 4.78 is 5.63. The molecule has 1 aromatic carbocycles. The number of carbonyl (C=O) groups excluding carboxylic acids is 1. The first-order valence-corrected chi connectivity index (χ1v) is 5.25. The van der Waals surface area contributed by atoms with Gasteiger partial charge in [0.1, 0.15) is 5.75 Å². The summed E-state index contributed by atoms with van der Waals surface area (Å²) in [5.74, 6) is 0.874. The highest BCUT2D eigenvalue weighted by atomic mass is 16.5. The average Bonchev–Trinajstić information content (AvgIpc) is 2.41. The van der Waals surface area contributed by atoms with Gasteiger partial charge in [0, 0.05) is 5.56 Å². The minimum absolute atomic E-state index is 0.00961. The molecule has 0 fully saturated rings. The van der Waals surface area contributed by atoms with Crippen LogP contribution in [0.2, 0.25) is 0 Å². The SMILES string of the molecule is CC1Oc2c(cccc2C(C)(C)C)C1=O. The smallest absolute Gasteiger partial charge is 0.206 e. The van der Waals surface area contributed by atoms with Gasteiger partial charge in [-0.3, -0.25) is 4.79 Å². The van der Waals surface area contributed by atoms with Gasteiger partial charge in [-0.1, -0.05) is 32.9 Å². The predicted octanol–water partition coefficient (Wildman–Crippen LogP) is 2.95. The fraction of sp³-hybridized carbons (Fsp3) is 0.462. The molecular formula is C13H16O2. The van der Waals surface area contributed by atoms with E-state index in [0.717, 1.165) is 16.9 Å². The molecule has 15 heavy (non-hydrogen) atoms. The Hall–Kier alpha value is -1.31. The number of Topliss-reactive ketones (excluding diaryl/α,β-unsaturated/α-hetero) is 1. The molecule has 0 bridgehead atoms. The molecule has 1 aromatic rings. The lowest BCUT2D eigenvalue weighted by Crippen LogP contribution is -2.15. The second kappa shape index (κ2) is 3.09. The summed E-state index contributed by atoms with van der Waals surface area (Å²) in [4.78, 5) is 11.8. The Kier molecular flexibility index (Phi) is 2.10. The van der Waals surface area contributed by atoms with Gasteiger partial charge in [0.15, 0.2) is 6.10 Å². The number of para-hydroxylation sites is 1. The van der Waals surface area contributed by atoms with Crippen molar-refractivity contribution in [3.63, 3.8) is 0 Å². The number of ether oxygens (including phenoxy) is 1. The van der Waals surface area contributed by atoms with E-state index in [4.69, 9.17) is 4.74 Å². The topological polar surface area (TPSA) is 26.3 Å². The Morgan fingerprint density at radius 3 is 2.53 bits per heavy atom. The Balaban J connectivity index is 2.60. The van der Waals surface area contributed by atoms with Crippen molar-refractivity contribution in [2.45, 2.75) is 39.2 Å². The van der Waals surface area contributed by atoms with E-state index in [-0.39, 0.29) is 17.3 Å². The van der Waals surface area contributed by atoms with E-state index in [9.17, 15) is 4.79 Å². The summed E-state index contributed by atoms with van der Waals surface area (Å²) in [5.41, 5.74) is 1.85. The molecular weight excluding hydrogens is 188 g/mol. The first-order chi connectivity index (χ1) is 6.91. The summed E-state index contributed by atoms with van der Waals surface area (Å²) in [5, 5.41) is 0. The molecule has 1 aliphatic rings. The van der Waals surface area contributed by atoms with Crippen LogP contribution in [-0.4, -0.2) is 11.9 Å². The molecule has 0 saturated carbocycles. The van der Waals surface area contributed by atoms with Gasteiger partial charge in [-0.05, 0) is 18.4 Å². The van der Waals surface area contributed by atoms with Crippen LogP contribution in [0.15, 0.2) is 18.2 Å². The zero-order valence-electron chi connectivity index (χ0n) is 9.63. The Morgan fingerprint density at radius 2 is 1.93 bits per heavy atom. The second-order valence-electron chi connectivity index (χ2n) is 5.06. The molecule has 80 valence electrons. The number of ketones is 1. The van der Waals surface area contributed by atoms with Crippen LogP contribution < -0.4 is 4.74 Å². The van der Waals surface area contributed by atoms with Gasteiger partial charge in [-0.2, -0.15) is 0 Å². The zero-order chi connectivity index (χ0) is 11.2. The maximum absolute atomic E-state index is 11.8. The highest BCUT2D eigenvalue weighted by molar-refractivity contribution is 6.04. The van der Waals surface area contributed by atoms with Crippen molar-refractivity contribution in [3.8, 4) is 5.75 Å². The van der Waals surface area contributed by atoms with Crippen LogP contribution in [0.5, 0.6) is 5.75 Å². The van der Waals surface area contributed by atoms with E-state index in [0.29, 0.717) is 0 Å². The molecule has 1 heterocycles. The van der Waals surface area contributed by atoms with Crippen molar-refractivity contribution in [3.05, 3.63) is 29.3 Å². The van der Waals surface area contributed by atoms with Crippen molar-refractivity contribution >= 4 is 5.78 Å². The Bertz CT molecular complexity index is 413. The maximum Gasteiger partial charge on any atom is 0.206 e. The summed E-state index contributed by atoms with van der Waals surface area (Å²) >= 11 is 0. The molecule has 0 N–H and O–H groups in total. The number of carbonyl (C=O) groups is 1. The van der Waals surface area contributed by atoms with Crippen molar-refractivity contribution in [2.24, 2.45) is 0 Å². The van der Waals surface area contributed by atoms with Crippen LogP contribution in [0.1, 0.15) is 43.6 Å². The van der Waals surface area contributed by atoms with E-state index in [2.05, 4.69) is 20.8 Å². The molecule has 0 radical (unpaired) electrons. The number of rotatable bonds is 0. The van der Waals surface area contributed by atoms with Crippen LogP contribution in [0.4, 0.5) is 0 Å². The largest absolute Gasteiger partial charge is 0.481 e. The molecule has 0 saturated heterocycles. The number of hydrogen-bond acceptors (Lipinski definition) is 2. The molecule has 0 spiro atoms. The van der Waals surface area contributed by atoms with Gasteiger partial charge in [0.25, 0.3) is 0 Å². The third-order valence-corrected chi connectivity index (χ3v) is 2.75. The fourth-order valence-corrected chi connectivity index (χ4v) is 1.90. The maximum atomic E-state index is 11.8. The predicted molar refractivity (Wildman–Crippen MR) is 59.6 cm³/mol. The van der Waals surface area contributed by atoms with E-state index in [1.807, 2.05) is 18.2 Å². The van der Waals surface area contributed by atoms with Crippen LogP contribution in [-0.2, 0) is 5.41 Å². The summed E-state index contributed by atoms with van der Waals surface area (Å²) in [6.45, 7) is 8.17. The molecule has 0 aliphatic carbocycles. The first kappa shape index (κ1) is 10.2. The number of benzene rings is 1. The zero-order valence-corrected chi connectivity index (χ0v) is 9.63. The van der Waals surface area contributed by atoms with E-state index in [1.165, 1.54) is 0 Å². The van der Waals surface area contributed by atoms with E-state index < -0.39 is 0 Å². The normalized spacial score (nSPS) is 20.0. The third kappa shape index (κ3) is 1.54. The van der Waals surface area contributed by atoms with Gasteiger partial charge in [-0.15, -0.1) is 0 Å². The van der Waals surface area contributed by atoms with Crippen LogP contribution >= 0.6 is 0 Å². The van der Waals surface area contributed by atoms with Gasteiger partial charge in [-0.25, -0.2) is 0 Å². The van der Waals surface area contributed by atoms with Crippen molar-refractivity contribution in [1.29, 1.82) is 0 Å². The highest BCUT2D eigenvalue weighted by Gasteiger charge is 2.33. The lowest BCUT2D eigenvalue weighted by molar-refractivity contribution is 0.0877. The summed E-state index contributed by atoms with van der Waals surface area (Å²) in [6, 6.07) is 5.80. The monoisotopic (exact) mass is 204 g/mol. The first-order valence-electron chi connectivity index (χ1n) is 5.25. The molecule has 2 heteroatoms. The van der Waals surface area contributed by atoms with Gasteiger partial charge >= 0.3 is 0 Å². The average molecular weight is 204 g/mol. The minimum Gasteiger partial charge on any atom is -0.481 e. The summed E-state index contributed by atoms with van der Waals surface area (Å²) in [6.07, 6.45) is -0.330. The van der Waals surface area contributed by atoms with E-state index >= 15 is 0 Å². The van der Waals surface area contributed by atoms with Gasteiger partial charge < -0.3 is 4.74 Å². The molecule has 1 unspecified atom stereocenters. The summed E-state index contributed by atoms with van der Waals surface area (Å²) in [7, 11) is 0. The van der Waals surface area contributed by atoms with Crippen molar-refractivity contribution in [2.75, 3.05) is 0 Å². The highest BCUT2D eigenvalue weighted by Crippen LogP contribution is 2.38. The number of hydrogen-bond donors (Lipinski definition) is 0. The Labute approximate surface area is 90.3 Å². The lowest BCUT2D eigenvalue weighted by atomic mass is 9.85. The van der Waals surface area contributed by atoms with Crippen LogP contribution in [0.25, 0.3) is 0 Å². The number of fused-ring (bicyclic) bond motifs is 1. The van der Waals surface area contributed by atoms with Gasteiger partial charge in [0.05, 0.1) is 5.56 Å². The quantitative estimate of drug-likeness (QED) is 0.649. The standard InChI is InChI=1S/C13H16O2/c1-8-11(14)9-6-5-7-10(12(9)15-8)13(2,3)4/h5-8H,1-4H3. The van der Waals surface area contributed by atoms with Crippen LogP contribution in [0.3, 0.4) is 0 Å². The molecule has 2 rings (SSSR count). The lowest BCUT2D eigenvalue weighted by Gasteiger charge is -2.21. The molecule has 1 atom stereocenters. The molecule has 0 aromatic heterocycles. The van der Waals surface area contributed by atoms with Crippen molar-refractivity contribution < 1.29 is 9.53 Å². The molecule has 0 amide bonds. The third-order valence-electron chi connectivity index (χ3n) is 2.75. The molecule has 1 aliphatic heterocycles.